The predicted molar refractivity (Wildman–Crippen MR) is 62.7 cm³/mol. The van der Waals surface area contributed by atoms with E-state index in [1.807, 2.05) is 5.32 Å². The van der Waals surface area contributed by atoms with Crippen molar-refractivity contribution in [1.82, 2.24) is 10.6 Å². The highest BCUT2D eigenvalue weighted by molar-refractivity contribution is 5.94. The van der Waals surface area contributed by atoms with Crippen molar-refractivity contribution in [3.63, 3.8) is 0 Å². The number of hydrogen-bond acceptors (Lipinski definition) is 6. The van der Waals surface area contributed by atoms with Crippen molar-refractivity contribution in [3.8, 4) is 0 Å². The van der Waals surface area contributed by atoms with Crippen molar-refractivity contribution in [2.45, 2.75) is 0 Å². The SMILES string of the molecule is COCCOCCNC(=O)NC(=O)COCC(=O)O. The number of methoxy groups -OCH3 is 1. The van der Waals surface area contributed by atoms with Crippen molar-refractivity contribution in [1.29, 1.82) is 0 Å². The summed E-state index contributed by atoms with van der Waals surface area (Å²) >= 11 is 0. The lowest BCUT2D eigenvalue weighted by Crippen LogP contribution is -2.42. The van der Waals surface area contributed by atoms with Crippen LogP contribution in [0.2, 0.25) is 0 Å². The van der Waals surface area contributed by atoms with Crippen LogP contribution >= 0.6 is 0 Å². The quantitative estimate of drug-likeness (QED) is 0.419. The van der Waals surface area contributed by atoms with Crippen LogP contribution in [0, 0.1) is 0 Å². The van der Waals surface area contributed by atoms with Crippen molar-refractivity contribution >= 4 is 17.9 Å². The highest BCUT2D eigenvalue weighted by atomic mass is 16.5. The molecule has 9 heteroatoms. The Morgan fingerprint density at radius 3 is 2.42 bits per heavy atom. The van der Waals surface area contributed by atoms with Crippen LogP contribution in [0.1, 0.15) is 0 Å². The molecule has 0 radical (unpaired) electrons. The first-order valence-electron chi connectivity index (χ1n) is 5.50. The predicted octanol–water partition coefficient (Wildman–Crippen LogP) is -1.42. The third-order valence-corrected chi connectivity index (χ3v) is 1.68. The minimum atomic E-state index is -1.19. The van der Waals surface area contributed by atoms with Crippen molar-refractivity contribution in [2.24, 2.45) is 0 Å². The molecule has 19 heavy (non-hydrogen) atoms. The molecule has 0 saturated carbocycles. The normalized spacial score (nSPS) is 9.95. The number of carboxylic acid groups (broad SMARTS) is 1. The number of carboxylic acids is 1. The van der Waals surface area contributed by atoms with Gasteiger partial charge < -0.3 is 24.6 Å². The summed E-state index contributed by atoms with van der Waals surface area (Å²) in [6, 6.07) is -0.695. The average molecular weight is 278 g/mol. The molecule has 0 aromatic rings. The van der Waals surface area contributed by atoms with Crippen LogP contribution in [0.5, 0.6) is 0 Å². The second-order valence-corrected chi connectivity index (χ2v) is 3.30. The van der Waals surface area contributed by atoms with E-state index in [4.69, 9.17) is 14.6 Å². The molecular formula is C10H18N2O7. The highest BCUT2D eigenvalue weighted by Gasteiger charge is 2.07. The van der Waals surface area contributed by atoms with Gasteiger partial charge in [0.15, 0.2) is 0 Å². The molecule has 0 spiro atoms. The number of carbonyl (C=O) groups excluding carboxylic acids is 2. The van der Waals surface area contributed by atoms with Gasteiger partial charge in [-0.05, 0) is 0 Å². The Morgan fingerprint density at radius 1 is 1.05 bits per heavy atom. The van der Waals surface area contributed by atoms with Gasteiger partial charge in [0.25, 0.3) is 5.91 Å². The molecule has 0 bridgehead atoms. The van der Waals surface area contributed by atoms with Gasteiger partial charge in [0.1, 0.15) is 13.2 Å². The van der Waals surface area contributed by atoms with E-state index >= 15 is 0 Å². The fourth-order valence-corrected chi connectivity index (χ4v) is 0.919. The lowest BCUT2D eigenvalue weighted by Gasteiger charge is -2.07. The second-order valence-electron chi connectivity index (χ2n) is 3.30. The van der Waals surface area contributed by atoms with Gasteiger partial charge in [0.05, 0.1) is 19.8 Å². The molecule has 0 rings (SSSR count). The van der Waals surface area contributed by atoms with Crippen molar-refractivity contribution < 1.29 is 33.7 Å². The van der Waals surface area contributed by atoms with Gasteiger partial charge in [0.2, 0.25) is 0 Å². The number of amides is 3. The highest BCUT2D eigenvalue weighted by Crippen LogP contribution is 1.78. The van der Waals surface area contributed by atoms with Crippen LogP contribution in [-0.2, 0) is 23.8 Å². The van der Waals surface area contributed by atoms with E-state index in [9.17, 15) is 14.4 Å². The zero-order chi connectivity index (χ0) is 14.5. The molecule has 110 valence electrons. The van der Waals surface area contributed by atoms with Crippen molar-refractivity contribution in [3.05, 3.63) is 0 Å². The van der Waals surface area contributed by atoms with Crippen LogP contribution in [0.4, 0.5) is 4.79 Å². The smallest absolute Gasteiger partial charge is 0.329 e. The van der Waals surface area contributed by atoms with Gasteiger partial charge in [0, 0.05) is 13.7 Å². The van der Waals surface area contributed by atoms with E-state index in [-0.39, 0.29) is 6.54 Å². The molecule has 0 aliphatic rings. The Balaban J connectivity index is 3.46. The third kappa shape index (κ3) is 12.5. The van der Waals surface area contributed by atoms with Gasteiger partial charge in [-0.3, -0.25) is 10.1 Å². The molecule has 0 fully saturated rings. The monoisotopic (exact) mass is 278 g/mol. The lowest BCUT2D eigenvalue weighted by molar-refractivity contribution is -0.143. The molecule has 0 atom stereocenters. The number of imide groups is 1. The maximum Gasteiger partial charge on any atom is 0.329 e. The summed E-state index contributed by atoms with van der Waals surface area (Å²) in [5.41, 5.74) is 0. The summed E-state index contributed by atoms with van der Waals surface area (Å²) in [5.74, 6) is -1.91. The Morgan fingerprint density at radius 2 is 1.79 bits per heavy atom. The first-order chi connectivity index (χ1) is 9.06. The van der Waals surface area contributed by atoms with E-state index in [2.05, 4.69) is 10.1 Å². The summed E-state index contributed by atoms with van der Waals surface area (Å²) in [6.45, 7) is 0.319. The third-order valence-electron chi connectivity index (χ3n) is 1.68. The number of hydrogen-bond donors (Lipinski definition) is 3. The maximum absolute atomic E-state index is 11.1. The van der Waals surface area contributed by atoms with Gasteiger partial charge in [-0.15, -0.1) is 0 Å². The van der Waals surface area contributed by atoms with Crippen LogP contribution in [-0.4, -0.2) is 69.7 Å². The number of urea groups is 1. The Labute approximate surface area is 110 Å². The van der Waals surface area contributed by atoms with E-state index in [1.165, 1.54) is 0 Å². The molecule has 0 heterocycles. The standard InChI is InChI=1S/C10H18N2O7/c1-17-4-5-18-3-2-11-10(16)12-8(13)6-19-7-9(14)15/h2-7H2,1H3,(H,14,15)(H2,11,12,13,16). The Bertz CT molecular complexity index is 296. The van der Waals surface area contributed by atoms with Crippen LogP contribution in [0.15, 0.2) is 0 Å². The fourth-order valence-electron chi connectivity index (χ4n) is 0.919. The maximum atomic E-state index is 11.1. The van der Waals surface area contributed by atoms with Gasteiger partial charge in [-0.1, -0.05) is 0 Å². The number of ether oxygens (including phenoxy) is 3. The molecule has 0 aliphatic heterocycles. The Kier molecular flexibility index (Phi) is 10.4. The largest absolute Gasteiger partial charge is 0.480 e. The summed E-state index contributed by atoms with van der Waals surface area (Å²) < 4.78 is 14.3. The first-order valence-corrected chi connectivity index (χ1v) is 5.50. The Hall–Kier alpha value is -1.71. The molecule has 0 aromatic heterocycles. The summed E-state index contributed by atoms with van der Waals surface area (Å²) in [5, 5.41) is 12.6. The minimum Gasteiger partial charge on any atom is -0.480 e. The molecule has 3 amide bonds. The van der Waals surface area contributed by atoms with E-state index in [1.54, 1.807) is 7.11 Å². The van der Waals surface area contributed by atoms with Crippen LogP contribution < -0.4 is 10.6 Å². The van der Waals surface area contributed by atoms with Crippen molar-refractivity contribution in [2.75, 3.05) is 46.7 Å². The molecule has 3 N–H and O–H groups in total. The molecule has 0 saturated heterocycles. The lowest BCUT2D eigenvalue weighted by atomic mass is 10.6. The van der Waals surface area contributed by atoms with Crippen LogP contribution in [0.3, 0.4) is 0 Å². The van der Waals surface area contributed by atoms with Gasteiger partial charge in [-0.25, -0.2) is 9.59 Å². The summed E-state index contributed by atoms with van der Waals surface area (Å²) in [4.78, 5) is 32.3. The zero-order valence-corrected chi connectivity index (χ0v) is 10.6. The van der Waals surface area contributed by atoms with E-state index < -0.39 is 31.1 Å². The summed E-state index contributed by atoms with van der Waals surface area (Å²) in [7, 11) is 1.55. The molecule has 0 aromatic carbocycles. The molecule has 0 unspecified atom stereocenters. The van der Waals surface area contributed by atoms with E-state index in [0.717, 1.165) is 0 Å². The molecular weight excluding hydrogens is 260 g/mol. The van der Waals surface area contributed by atoms with Crippen LogP contribution in [0.25, 0.3) is 0 Å². The average Bonchev–Trinajstić information content (AvgIpc) is 2.33. The number of carbonyl (C=O) groups is 3. The molecule has 9 nitrogen and oxygen atoms in total. The fraction of sp³-hybridized carbons (Fsp3) is 0.700. The van der Waals surface area contributed by atoms with E-state index in [0.29, 0.717) is 19.8 Å². The minimum absolute atomic E-state index is 0.235. The topological polar surface area (TPSA) is 123 Å². The molecule has 0 aliphatic carbocycles. The van der Waals surface area contributed by atoms with Gasteiger partial charge >= 0.3 is 12.0 Å². The zero-order valence-electron chi connectivity index (χ0n) is 10.6. The van der Waals surface area contributed by atoms with Gasteiger partial charge in [-0.2, -0.15) is 0 Å². The number of rotatable bonds is 10. The summed E-state index contributed by atoms with van der Waals surface area (Å²) in [6.07, 6.45) is 0. The number of nitrogens with one attached hydrogen (secondary N) is 2. The first kappa shape index (κ1) is 17.3. The number of aliphatic carboxylic acids is 1. The second kappa shape index (κ2) is 11.4.